The van der Waals surface area contributed by atoms with E-state index in [4.69, 9.17) is 4.74 Å². The van der Waals surface area contributed by atoms with Gasteiger partial charge in [-0.3, -0.25) is 4.98 Å². The molecule has 84 valence electrons. The van der Waals surface area contributed by atoms with Gasteiger partial charge in [0.1, 0.15) is 0 Å². The van der Waals surface area contributed by atoms with Gasteiger partial charge in [-0.1, -0.05) is 20.3 Å². The molecular weight excluding hydrogens is 254 g/mol. The van der Waals surface area contributed by atoms with E-state index in [0.29, 0.717) is 12.5 Å². The van der Waals surface area contributed by atoms with Gasteiger partial charge < -0.3 is 4.74 Å². The second-order valence-corrected chi connectivity index (χ2v) is 4.79. The van der Waals surface area contributed by atoms with Crippen molar-refractivity contribution >= 4 is 15.9 Å². The van der Waals surface area contributed by atoms with Gasteiger partial charge in [0.15, 0.2) is 0 Å². The molecule has 0 radical (unpaired) electrons. The van der Waals surface area contributed by atoms with Crippen molar-refractivity contribution in [2.24, 2.45) is 5.92 Å². The molecule has 2 nitrogen and oxygen atoms in total. The van der Waals surface area contributed by atoms with Crippen molar-refractivity contribution in [3.8, 4) is 0 Å². The third kappa shape index (κ3) is 5.28. The fourth-order valence-electron chi connectivity index (χ4n) is 1.43. The summed E-state index contributed by atoms with van der Waals surface area (Å²) in [6.45, 7) is 5.86. The van der Waals surface area contributed by atoms with Crippen LogP contribution in [0.5, 0.6) is 0 Å². The summed E-state index contributed by atoms with van der Waals surface area (Å²) in [7, 11) is 0. The highest BCUT2D eigenvalue weighted by Crippen LogP contribution is 2.09. The molecule has 0 spiro atoms. The van der Waals surface area contributed by atoms with Crippen LogP contribution in [0.25, 0.3) is 0 Å². The van der Waals surface area contributed by atoms with Crippen molar-refractivity contribution in [2.75, 3.05) is 6.61 Å². The highest BCUT2D eigenvalue weighted by molar-refractivity contribution is 9.10. The first kappa shape index (κ1) is 12.7. The van der Waals surface area contributed by atoms with Gasteiger partial charge in [-0.25, -0.2) is 0 Å². The Bertz CT molecular complexity index is 273. The molecule has 1 atom stereocenters. The Labute approximate surface area is 100 Å². The number of halogens is 1. The SMILES string of the molecule is CCCC(C)COCc1ccc(Br)cn1. The Morgan fingerprint density at radius 3 is 2.87 bits per heavy atom. The zero-order valence-corrected chi connectivity index (χ0v) is 11.0. The Kier molecular flexibility index (Phi) is 5.88. The maximum atomic E-state index is 5.60. The van der Waals surface area contributed by atoms with E-state index in [1.165, 1.54) is 12.8 Å². The number of rotatable bonds is 6. The van der Waals surface area contributed by atoms with Gasteiger partial charge in [0.2, 0.25) is 0 Å². The molecule has 15 heavy (non-hydrogen) atoms. The Morgan fingerprint density at radius 1 is 1.47 bits per heavy atom. The van der Waals surface area contributed by atoms with Crippen LogP contribution in [0.3, 0.4) is 0 Å². The zero-order chi connectivity index (χ0) is 11.1. The first-order valence-electron chi connectivity index (χ1n) is 5.40. The summed E-state index contributed by atoms with van der Waals surface area (Å²) in [5, 5.41) is 0. The standard InChI is InChI=1S/C12H18BrNO/c1-3-4-10(2)8-15-9-12-6-5-11(13)7-14-12/h5-7,10H,3-4,8-9H2,1-2H3. The fraction of sp³-hybridized carbons (Fsp3) is 0.583. The lowest BCUT2D eigenvalue weighted by atomic mass is 10.1. The van der Waals surface area contributed by atoms with Crippen LogP contribution < -0.4 is 0 Å². The Hall–Kier alpha value is -0.410. The van der Waals surface area contributed by atoms with Gasteiger partial charge >= 0.3 is 0 Å². The Morgan fingerprint density at radius 2 is 2.27 bits per heavy atom. The molecule has 1 aromatic rings. The van der Waals surface area contributed by atoms with Gasteiger partial charge in [0.05, 0.1) is 12.3 Å². The van der Waals surface area contributed by atoms with Gasteiger partial charge in [-0.15, -0.1) is 0 Å². The van der Waals surface area contributed by atoms with Gasteiger partial charge in [-0.2, -0.15) is 0 Å². The highest BCUT2D eigenvalue weighted by Gasteiger charge is 2.01. The summed E-state index contributed by atoms with van der Waals surface area (Å²) in [5.41, 5.74) is 0.988. The lowest BCUT2D eigenvalue weighted by Crippen LogP contribution is -2.06. The molecule has 0 bridgehead atoms. The maximum Gasteiger partial charge on any atom is 0.0887 e. The van der Waals surface area contributed by atoms with E-state index >= 15 is 0 Å². The highest BCUT2D eigenvalue weighted by atomic mass is 79.9. The predicted molar refractivity (Wildman–Crippen MR) is 65.7 cm³/mol. The fourth-order valence-corrected chi connectivity index (χ4v) is 1.67. The van der Waals surface area contributed by atoms with Crippen molar-refractivity contribution in [1.29, 1.82) is 0 Å². The van der Waals surface area contributed by atoms with E-state index in [0.717, 1.165) is 16.8 Å². The average Bonchev–Trinajstić information content (AvgIpc) is 2.21. The number of nitrogens with zero attached hydrogens (tertiary/aromatic N) is 1. The van der Waals surface area contributed by atoms with Crippen molar-refractivity contribution in [3.05, 3.63) is 28.5 Å². The summed E-state index contributed by atoms with van der Waals surface area (Å²) in [5.74, 6) is 0.644. The second-order valence-electron chi connectivity index (χ2n) is 3.88. The van der Waals surface area contributed by atoms with Crippen LogP contribution in [0.15, 0.2) is 22.8 Å². The van der Waals surface area contributed by atoms with E-state index in [2.05, 4.69) is 34.8 Å². The van der Waals surface area contributed by atoms with Crippen molar-refractivity contribution in [1.82, 2.24) is 4.98 Å². The van der Waals surface area contributed by atoms with E-state index in [1.807, 2.05) is 12.1 Å². The van der Waals surface area contributed by atoms with Crippen molar-refractivity contribution in [3.63, 3.8) is 0 Å². The lowest BCUT2D eigenvalue weighted by molar-refractivity contribution is 0.0872. The largest absolute Gasteiger partial charge is 0.375 e. The van der Waals surface area contributed by atoms with Crippen LogP contribution in [0.4, 0.5) is 0 Å². The molecule has 1 unspecified atom stereocenters. The molecule has 0 aliphatic rings. The molecule has 0 saturated carbocycles. The monoisotopic (exact) mass is 271 g/mol. The minimum Gasteiger partial charge on any atom is -0.375 e. The molecule has 0 saturated heterocycles. The normalized spacial score (nSPS) is 12.7. The molecule has 1 rings (SSSR count). The van der Waals surface area contributed by atoms with Crippen LogP contribution in [-0.2, 0) is 11.3 Å². The Balaban J connectivity index is 2.22. The predicted octanol–water partition coefficient (Wildman–Crippen LogP) is 3.80. The number of hydrogen-bond donors (Lipinski definition) is 0. The van der Waals surface area contributed by atoms with Crippen LogP contribution >= 0.6 is 15.9 Å². The molecular formula is C12H18BrNO. The third-order valence-electron chi connectivity index (χ3n) is 2.22. The summed E-state index contributed by atoms with van der Waals surface area (Å²) < 4.78 is 6.60. The van der Waals surface area contributed by atoms with Crippen LogP contribution in [-0.4, -0.2) is 11.6 Å². The third-order valence-corrected chi connectivity index (χ3v) is 2.69. The quantitative estimate of drug-likeness (QED) is 0.785. The first-order valence-corrected chi connectivity index (χ1v) is 6.20. The van der Waals surface area contributed by atoms with E-state index in [9.17, 15) is 0 Å². The number of aromatic nitrogens is 1. The molecule has 0 N–H and O–H groups in total. The van der Waals surface area contributed by atoms with Crippen LogP contribution in [0.1, 0.15) is 32.4 Å². The average molecular weight is 272 g/mol. The number of ether oxygens (including phenoxy) is 1. The molecule has 0 aromatic carbocycles. The van der Waals surface area contributed by atoms with Crippen molar-refractivity contribution < 1.29 is 4.74 Å². The van der Waals surface area contributed by atoms with E-state index < -0.39 is 0 Å². The number of pyridine rings is 1. The summed E-state index contributed by atoms with van der Waals surface area (Å²) >= 11 is 3.35. The smallest absolute Gasteiger partial charge is 0.0887 e. The molecule has 0 amide bonds. The molecule has 1 heterocycles. The van der Waals surface area contributed by atoms with Crippen LogP contribution in [0.2, 0.25) is 0 Å². The topological polar surface area (TPSA) is 22.1 Å². The van der Waals surface area contributed by atoms with Gasteiger partial charge in [0, 0.05) is 17.3 Å². The number of hydrogen-bond acceptors (Lipinski definition) is 2. The summed E-state index contributed by atoms with van der Waals surface area (Å²) in [4.78, 5) is 4.25. The molecule has 0 fully saturated rings. The molecule has 3 heteroatoms. The molecule has 0 aliphatic carbocycles. The lowest BCUT2D eigenvalue weighted by Gasteiger charge is -2.10. The molecule has 0 aliphatic heterocycles. The zero-order valence-electron chi connectivity index (χ0n) is 9.37. The second kappa shape index (κ2) is 6.96. The van der Waals surface area contributed by atoms with Gasteiger partial charge in [-0.05, 0) is 40.4 Å². The van der Waals surface area contributed by atoms with Crippen molar-refractivity contribution in [2.45, 2.75) is 33.3 Å². The minimum atomic E-state index is 0.612. The van der Waals surface area contributed by atoms with E-state index in [1.54, 1.807) is 6.20 Å². The summed E-state index contributed by atoms with van der Waals surface area (Å²) in [6, 6.07) is 3.97. The first-order chi connectivity index (χ1) is 7.22. The van der Waals surface area contributed by atoms with Gasteiger partial charge in [0.25, 0.3) is 0 Å². The minimum absolute atomic E-state index is 0.612. The molecule has 1 aromatic heterocycles. The maximum absolute atomic E-state index is 5.60. The summed E-state index contributed by atoms with van der Waals surface area (Å²) in [6.07, 6.45) is 4.25. The van der Waals surface area contributed by atoms with E-state index in [-0.39, 0.29) is 0 Å². The van der Waals surface area contributed by atoms with Crippen LogP contribution in [0, 0.1) is 5.92 Å².